The highest BCUT2D eigenvalue weighted by atomic mass is 19.1. The van der Waals surface area contributed by atoms with Crippen molar-refractivity contribution >= 4 is 5.96 Å². The minimum atomic E-state index is -0.261. The average molecular weight is 295 g/mol. The van der Waals surface area contributed by atoms with Gasteiger partial charge >= 0.3 is 0 Å². The van der Waals surface area contributed by atoms with Gasteiger partial charge in [-0.15, -0.1) is 0 Å². The molecule has 1 rings (SSSR count). The first kappa shape index (κ1) is 17.4. The standard InChI is InChI=1S/C16H26FN3O/c1-6-18-15(20-11-16(3,4)21-5)19-10-13-7-8-14(17)12(2)9-13/h7-9H,6,10-11H2,1-5H3,(H2,18,19,20). The third-order valence-electron chi connectivity index (χ3n) is 3.22. The first-order valence-electron chi connectivity index (χ1n) is 7.20. The van der Waals surface area contributed by atoms with Crippen LogP contribution in [0.2, 0.25) is 0 Å². The van der Waals surface area contributed by atoms with Gasteiger partial charge < -0.3 is 15.4 Å². The predicted octanol–water partition coefficient (Wildman–Crippen LogP) is 2.61. The molecule has 0 saturated carbocycles. The second-order valence-corrected chi connectivity index (χ2v) is 5.60. The van der Waals surface area contributed by atoms with Crippen LogP contribution in [0.1, 0.15) is 31.9 Å². The van der Waals surface area contributed by atoms with Crippen LogP contribution in [-0.2, 0) is 11.3 Å². The van der Waals surface area contributed by atoms with E-state index in [1.165, 1.54) is 6.07 Å². The monoisotopic (exact) mass is 295 g/mol. The Hall–Kier alpha value is -1.62. The van der Waals surface area contributed by atoms with Crippen molar-refractivity contribution in [2.45, 2.75) is 39.8 Å². The second-order valence-electron chi connectivity index (χ2n) is 5.60. The number of guanidine groups is 1. The van der Waals surface area contributed by atoms with Crippen LogP contribution in [0.15, 0.2) is 23.2 Å². The molecule has 0 bridgehead atoms. The third-order valence-corrected chi connectivity index (χ3v) is 3.22. The molecule has 0 amide bonds. The number of benzene rings is 1. The molecule has 0 aliphatic carbocycles. The zero-order valence-electron chi connectivity index (χ0n) is 13.6. The zero-order valence-corrected chi connectivity index (χ0v) is 13.6. The molecule has 1 aromatic rings. The van der Waals surface area contributed by atoms with Crippen LogP contribution in [-0.4, -0.2) is 31.8 Å². The Balaban J connectivity index is 2.68. The molecule has 0 atom stereocenters. The van der Waals surface area contributed by atoms with E-state index in [1.807, 2.05) is 26.8 Å². The molecule has 21 heavy (non-hydrogen) atoms. The SMILES string of the molecule is CCNC(=NCc1ccc(F)c(C)c1)NCC(C)(C)OC. The van der Waals surface area contributed by atoms with Gasteiger partial charge in [0.1, 0.15) is 5.82 Å². The molecule has 0 aromatic heterocycles. The fraction of sp³-hybridized carbons (Fsp3) is 0.562. The van der Waals surface area contributed by atoms with Crippen molar-refractivity contribution in [2.24, 2.45) is 4.99 Å². The number of hydrogen-bond acceptors (Lipinski definition) is 2. The van der Waals surface area contributed by atoms with Crippen LogP contribution in [0.25, 0.3) is 0 Å². The molecule has 0 radical (unpaired) electrons. The smallest absolute Gasteiger partial charge is 0.191 e. The zero-order chi connectivity index (χ0) is 15.9. The lowest BCUT2D eigenvalue weighted by molar-refractivity contribution is 0.0268. The molecule has 0 aliphatic rings. The lowest BCUT2D eigenvalue weighted by atomic mass is 10.1. The Morgan fingerprint density at radius 2 is 2.05 bits per heavy atom. The molecule has 0 fully saturated rings. The highest BCUT2D eigenvalue weighted by Crippen LogP contribution is 2.10. The average Bonchev–Trinajstić information content (AvgIpc) is 2.45. The van der Waals surface area contributed by atoms with E-state index in [9.17, 15) is 4.39 Å². The van der Waals surface area contributed by atoms with Crippen LogP contribution in [0, 0.1) is 12.7 Å². The molecule has 0 heterocycles. The van der Waals surface area contributed by atoms with Gasteiger partial charge in [0, 0.05) is 20.2 Å². The van der Waals surface area contributed by atoms with E-state index in [-0.39, 0.29) is 11.4 Å². The summed E-state index contributed by atoms with van der Waals surface area (Å²) in [5, 5.41) is 6.43. The van der Waals surface area contributed by atoms with Gasteiger partial charge in [-0.3, -0.25) is 0 Å². The highest BCUT2D eigenvalue weighted by Gasteiger charge is 2.16. The molecule has 2 N–H and O–H groups in total. The summed E-state index contributed by atoms with van der Waals surface area (Å²) >= 11 is 0. The maximum Gasteiger partial charge on any atom is 0.191 e. The van der Waals surface area contributed by atoms with E-state index in [2.05, 4.69) is 15.6 Å². The number of ether oxygens (including phenoxy) is 1. The summed E-state index contributed by atoms with van der Waals surface area (Å²) in [5.74, 6) is 0.541. The summed E-state index contributed by atoms with van der Waals surface area (Å²) in [6.07, 6.45) is 0. The summed E-state index contributed by atoms with van der Waals surface area (Å²) < 4.78 is 18.6. The minimum Gasteiger partial charge on any atom is -0.377 e. The Bertz CT molecular complexity index is 486. The van der Waals surface area contributed by atoms with Gasteiger partial charge in [0.25, 0.3) is 0 Å². The second kappa shape index (κ2) is 7.98. The predicted molar refractivity (Wildman–Crippen MR) is 85.0 cm³/mol. The van der Waals surface area contributed by atoms with Crippen molar-refractivity contribution in [1.29, 1.82) is 0 Å². The van der Waals surface area contributed by atoms with Gasteiger partial charge in [-0.1, -0.05) is 12.1 Å². The van der Waals surface area contributed by atoms with Gasteiger partial charge in [-0.25, -0.2) is 9.38 Å². The lowest BCUT2D eigenvalue weighted by Crippen LogP contribution is -2.45. The number of aliphatic imine (C=N–C) groups is 1. The Morgan fingerprint density at radius 1 is 1.33 bits per heavy atom. The van der Waals surface area contributed by atoms with Gasteiger partial charge in [0.15, 0.2) is 5.96 Å². The summed E-state index contributed by atoms with van der Waals surface area (Å²) in [5.41, 5.74) is 1.36. The van der Waals surface area contributed by atoms with Crippen molar-refractivity contribution in [3.8, 4) is 0 Å². The molecule has 0 saturated heterocycles. The summed E-state index contributed by atoms with van der Waals surface area (Å²) in [6.45, 7) is 9.72. The number of nitrogens with zero attached hydrogens (tertiary/aromatic N) is 1. The van der Waals surface area contributed by atoms with Gasteiger partial charge in [-0.2, -0.15) is 0 Å². The Morgan fingerprint density at radius 3 is 2.62 bits per heavy atom. The van der Waals surface area contributed by atoms with Crippen molar-refractivity contribution in [3.05, 3.63) is 35.1 Å². The number of halogens is 1. The van der Waals surface area contributed by atoms with E-state index in [0.717, 1.165) is 18.1 Å². The quantitative estimate of drug-likeness (QED) is 0.626. The van der Waals surface area contributed by atoms with Crippen LogP contribution >= 0.6 is 0 Å². The number of rotatable bonds is 6. The highest BCUT2D eigenvalue weighted by molar-refractivity contribution is 5.79. The number of methoxy groups -OCH3 is 1. The van der Waals surface area contributed by atoms with Gasteiger partial charge in [-0.05, 0) is 44.9 Å². The van der Waals surface area contributed by atoms with Crippen LogP contribution < -0.4 is 10.6 Å². The first-order valence-corrected chi connectivity index (χ1v) is 7.20. The van der Waals surface area contributed by atoms with E-state index in [1.54, 1.807) is 20.1 Å². The maximum atomic E-state index is 13.2. The Kier molecular flexibility index (Phi) is 6.62. The maximum absolute atomic E-state index is 13.2. The fourth-order valence-electron chi connectivity index (χ4n) is 1.69. The molecule has 0 aliphatic heterocycles. The summed E-state index contributed by atoms with van der Waals surface area (Å²) in [7, 11) is 1.69. The normalized spacial score (nSPS) is 12.4. The molecule has 0 unspecified atom stereocenters. The third kappa shape index (κ3) is 6.12. The largest absolute Gasteiger partial charge is 0.377 e. The summed E-state index contributed by atoms with van der Waals surface area (Å²) in [6, 6.07) is 5.06. The number of hydrogen-bond donors (Lipinski definition) is 2. The summed E-state index contributed by atoms with van der Waals surface area (Å²) in [4.78, 5) is 4.51. The van der Waals surface area contributed by atoms with E-state index < -0.39 is 0 Å². The van der Waals surface area contributed by atoms with Crippen LogP contribution in [0.3, 0.4) is 0 Å². The molecule has 118 valence electrons. The topological polar surface area (TPSA) is 45.7 Å². The van der Waals surface area contributed by atoms with Crippen LogP contribution in [0.5, 0.6) is 0 Å². The molecule has 0 spiro atoms. The lowest BCUT2D eigenvalue weighted by Gasteiger charge is -2.24. The molecule has 4 nitrogen and oxygen atoms in total. The molecular weight excluding hydrogens is 269 g/mol. The van der Waals surface area contributed by atoms with Crippen LogP contribution in [0.4, 0.5) is 4.39 Å². The van der Waals surface area contributed by atoms with Gasteiger partial charge in [0.05, 0.1) is 12.1 Å². The minimum absolute atomic E-state index is 0.186. The molecular formula is C16H26FN3O. The fourth-order valence-corrected chi connectivity index (χ4v) is 1.69. The molecule has 5 heteroatoms. The first-order chi connectivity index (χ1) is 9.88. The van der Waals surface area contributed by atoms with Gasteiger partial charge in [0.2, 0.25) is 0 Å². The van der Waals surface area contributed by atoms with Crippen molar-refractivity contribution in [2.75, 3.05) is 20.2 Å². The number of nitrogens with one attached hydrogen (secondary N) is 2. The van der Waals surface area contributed by atoms with E-state index in [0.29, 0.717) is 18.7 Å². The van der Waals surface area contributed by atoms with Crippen molar-refractivity contribution in [1.82, 2.24) is 10.6 Å². The van der Waals surface area contributed by atoms with Crippen molar-refractivity contribution < 1.29 is 9.13 Å². The molecule has 1 aromatic carbocycles. The van der Waals surface area contributed by atoms with E-state index in [4.69, 9.17) is 4.74 Å². The number of aryl methyl sites for hydroxylation is 1. The Labute approximate surface area is 126 Å². The van der Waals surface area contributed by atoms with E-state index >= 15 is 0 Å². The van der Waals surface area contributed by atoms with Crippen molar-refractivity contribution in [3.63, 3.8) is 0 Å².